The van der Waals surface area contributed by atoms with E-state index in [0.717, 1.165) is 0 Å². The van der Waals surface area contributed by atoms with Gasteiger partial charge < -0.3 is 5.73 Å². The zero-order valence-electron chi connectivity index (χ0n) is 7.18. The predicted molar refractivity (Wildman–Crippen MR) is 56.7 cm³/mol. The number of hydrogen-bond acceptors (Lipinski definition) is 1. The molecular weight excluding hydrogens is 273 g/mol. The van der Waals surface area contributed by atoms with Crippen LogP contribution in [-0.2, 0) is 0 Å². The zero-order chi connectivity index (χ0) is 10.9. The van der Waals surface area contributed by atoms with Gasteiger partial charge in [0, 0.05) is 10.0 Å². The molecule has 0 aliphatic carbocycles. The molecule has 0 aliphatic heterocycles. The van der Waals surface area contributed by atoms with E-state index < -0.39 is 12.2 Å². The summed E-state index contributed by atoms with van der Waals surface area (Å²) < 4.78 is 36.6. The first-order valence-electron chi connectivity index (χ1n) is 3.59. The van der Waals surface area contributed by atoms with E-state index in [0.29, 0.717) is 0 Å². The highest BCUT2D eigenvalue weighted by Crippen LogP contribution is 2.34. The van der Waals surface area contributed by atoms with Gasteiger partial charge in [0.15, 0.2) is 0 Å². The second-order valence-corrected chi connectivity index (χ2v) is 3.53. The highest BCUT2D eigenvalue weighted by atomic mass is 35.5. The smallest absolute Gasteiger partial charge is 0.316 e. The summed E-state index contributed by atoms with van der Waals surface area (Å²) >= 11 is 11.1. The number of halogens is 6. The maximum Gasteiger partial charge on any atom is 0.407 e. The van der Waals surface area contributed by atoms with Gasteiger partial charge in [-0.25, -0.2) is 0 Å². The molecule has 0 saturated heterocycles. The fraction of sp³-hybridized carbons (Fsp3) is 0.250. The minimum atomic E-state index is -4.50. The number of rotatable bonds is 1. The molecule has 2 N–H and O–H groups in total. The van der Waals surface area contributed by atoms with Gasteiger partial charge in [-0.2, -0.15) is 13.2 Å². The Kier molecular flexibility index (Phi) is 5.20. The van der Waals surface area contributed by atoms with Gasteiger partial charge in [-0.05, 0) is 17.7 Å². The van der Waals surface area contributed by atoms with Crippen LogP contribution in [0.2, 0.25) is 10.0 Å². The van der Waals surface area contributed by atoms with Crippen LogP contribution in [0.3, 0.4) is 0 Å². The predicted octanol–water partition coefficient (Wildman–Crippen LogP) is 3.98. The molecule has 0 spiro atoms. The molecule has 0 heterocycles. The molecule has 0 aromatic heterocycles. The van der Waals surface area contributed by atoms with Crippen LogP contribution in [0.4, 0.5) is 13.2 Å². The molecule has 1 nitrogen and oxygen atoms in total. The summed E-state index contributed by atoms with van der Waals surface area (Å²) in [5.74, 6) is 0. The fourth-order valence-corrected chi connectivity index (χ4v) is 1.46. The lowest BCUT2D eigenvalue weighted by atomic mass is 10.1. The molecule has 7 heteroatoms. The normalized spacial score (nSPS) is 13.2. The maximum atomic E-state index is 12.2. The number of benzene rings is 1. The molecule has 0 fully saturated rings. The monoisotopic (exact) mass is 279 g/mol. The van der Waals surface area contributed by atoms with Gasteiger partial charge in [-0.1, -0.05) is 29.3 Å². The molecule has 1 aromatic carbocycles. The highest BCUT2D eigenvalue weighted by molar-refractivity contribution is 6.35. The molecule has 15 heavy (non-hydrogen) atoms. The summed E-state index contributed by atoms with van der Waals surface area (Å²) in [7, 11) is 0. The van der Waals surface area contributed by atoms with E-state index >= 15 is 0 Å². The first-order chi connectivity index (χ1) is 6.32. The third kappa shape index (κ3) is 3.72. The highest BCUT2D eigenvalue weighted by Gasteiger charge is 2.38. The molecule has 0 saturated carbocycles. The Labute approximate surface area is 101 Å². The lowest BCUT2D eigenvalue weighted by Gasteiger charge is -2.16. The molecule has 0 aliphatic rings. The van der Waals surface area contributed by atoms with E-state index in [2.05, 4.69) is 0 Å². The summed E-state index contributed by atoms with van der Waals surface area (Å²) in [5, 5.41) is 0.190. The van der Waals surface area contributed by atoms with Crippen molar-refractivity contribution in [2.45, 2.75) is 12.2 Å². The van der Waals surface area contributed by atoms with Crippen LogP contribution in [0, 0.1) is 0 Å². The summed E-state index contributed by atoms with van der Waals surface area (Å²) in [4.78, 5) is 0. The van der Waals surface area contributed by atoms with Crippen molar-refractivity contribution in [1.82, 2.24) is 0 Å². The average Bonchev–Trinajstić information content (AvgIpc) is 2.01. The topological polar surface area (TPSA) is 26.0 Å². The minimum Gasteiger partial charge on any atom is -0.316 e. The zero-order valence-corrected chi connectivity index (χ0v) is 9.51. The van der Waals surface area contributed by atoms with Crippen LogP contribution in [0.25, 0.3) is 0 Å². The number of nitrogens with two attached hydrogens (primary N) is 1. The molecule has 1 rings (SSSR count). The molecule has 0 radical (unpaired) electrons. The lowest BCUT2D eigenvalue weighted by molar-refractivity contribution is -0.149. The van der Waals surface area contributed by atoms with Crippen LogP contribution < -0.4 is 5.73 Å². The van der Waals surface area contributed by atoms with Crippen LogP contribution >= 0.6 is 35.6 Å². The summed E-state index contributed by atoms with van der Waals surface area (Å²) in [6.07, 6.45) is -4.50. The molecule has 86 valence electrons. The number of alkyl halides is 3. The van der Waals surface area contributed by atoms with Crippen molar-refractivity contribution in [2.24, 2.45) is 5.73 Å². The van der Waals surface area contributed by atoms with E-state index in [1.54, 1.807) is 0 Å². The van der Waals surface area contributed by atoms with Crippen molar-refractivity contribution >= 4 is 35.6 Å². The Morgan fingerprint density at radius 2 is 1.73 bits per heavy atom. The number of hydrogen-bond donors (Lipinski definition) is 1. The SMILES string of the molecule is Cl.N[C@H](c1ccc(Cl)cc1Cl)C(F)(F)F. The Morgan fingerprint density at radius 1 is 1.20 bits per heavy atom. The van der Waals surface area contributed by atoms with Gasteiger partial charge in [-0.3, -0.25) is 0 Å². The summed E-state index contributed by atoms with van der Waals surface area (Å²) in [5.41, 5.74) is 4.79. The molecule has 0 amide bonds. The molecule has 0 unspecified atom stereocenters. The van der Waals surface area contributed by atoms with E-state index in [-0.39, 0.29) is 28.0 Å². The minimum absolute atomic E-state index is 0. The first kappa shape index (κ1) is 14.8. The van der Waals surface area contributed by atoms with Crippen LogP contribution in [0.15, 0.2) is 18.2 Å². The van der Waals surface area contributed by atoms with Gasteiger partial charge >= 0.3 is 6.18 Å². The van der Waals surface area contributed by atoms with Crippen molar-refractivity contribution in [2.75, 3.05) is 0 Å². The second-order valence-electron chi connectivity index (χ2n) is 2.69. The van der Waals surface area contributed by atoms with Crippen molar-refractivity contribution in [3.8, 4) is 0 Å². The van der Waals surface area contributed by atoms with E-state index in [1.807, 2.05) is 0 Å². The third-order valence-corrected chi connectivity index (χ3v) is 2.21. The van der Waals surface area contributed by atoms with Gasteiger partial charge in [0.2, 0.25) is 0 Å². The van der Waals surface area contributed by atoms with Gasteiger partial charge in [0.1, 0.15) is 6.04 Å². The van der Waals surface area contributed by atoms with Crippen LogP contribution in [0.5, 0.6) is 0 Å². The van der Waals surface area contributed by atoms with Gasteiger partial charge in [0.25, 0.3) is 0 Å². The van der Waals surface area contributed by atoms with Crippen molar-refractivity contribution in [3.05, 3.63) is 33.8 Å². The Balaban J connectivity index is 0.00000196. The summed E-state index contributed by atoms with van der Waals surface area (Å²) in [6, 6.07) is 1.63. The average molecular weight is 281 g/mol. The third-order valence-electron chi connectivity index (χ3n) is 1.65. The Morgan fingerprint density at radius 3 is 2.13 bits per heavy atom. The molecule has 0 bridgehead atoms. The van der Waals surface area contributed by atoms with E-state index in [4.69, 9.17) is 28.9 Å². The lowest BCUT2D eigenvalue weighted by Crippen LogP contribution is -2.28. The van der Waals surface area contributed by atoms with Crippen molar-refractivity contribution in [3.63, 3.8) is 0 Å². The van der Waals surface area contributed by atoms with E-state index in [1.165, 1.54) is 18.2 Å². The fourth-order valence-electron chi connectivity index (χ4n) is 0.930. The second kappa shape index (κ2) is 5.25. The van der Waals surface area contributed by atoms with Crippen LogP contribution in [0.1, 0.15) is 11.6 Å². The first-order valence-corrected chi connectivity index (χ1v) is 4.35. The molecule has 1 atom stereocenters. The maximum absolute atomic E-state index is 12.2. The molecule has 1 aromatic rings. The van der Waals surface area contributed by atoms with Crippen LogP contribution in [-0.4, -0.2) is 6.18 Å². The summed E-state index contributed by atoms with van der Waals surface area (Å²) in [6.45, 7) is 0. The van der Waals surface area contributed by atoms with Crippen molar-refractivity contribution in [1.29, 1.82) is 0 Å². The van der Waals surface area contributed by atoms with Gasteiger partial charge in [-0.15, -0.1) is 12.4 Å². The molecular formula is C8H7Cl3F3N. The largest absolute Gasteiger partial charge is 0.407 e. The quantitative estimate of drug-likeness (QED) is 0.827. The van der Waals surface area contributed by atoms with E-state index in [9.17, 15) is 13.2 Å². The Bertz CT molecular complexity index is 340. The standard InChI is InChI=1S/C8H6Cl2F3N.ClH/c9-4-1-2-5(6(10)3-4)7(14)8(11,12)13;/h1-3,7H,14H2;1H/t7-;/m1./s1. The van der Waals surface area contributed by atoms with Crippen molar-refractivity contribution < 1.29 is 13.2 Å². The Hall–Kier alpha value is -0.160. The van der Waals surface area contributed by atoms with Gasteiger partial charge in [0.05, 0.1) is 0 Å².